The van der Waals surface area contributed by atoms with Crippen LogP contribution >= 0.6 is 0 Å². The van der Waals surface area contributed by atoms with E-state index < -0.39 is 0 Å². The van der Waals surface area contributed by atoms with Crippen LogP contribution < -0.4 is 4.90 Å². The predicted molar refractivity (Wildman–Crippen MR) is 81.3 cm³/mol. The maximum absolute atomic E-state index is 9.48. The Hall–Kier alpha value is -1.53. The summed E-state index contributed by atoms with van der Waals surface area (Å²) in [6, 6.07) is 10.6. The second kappa shape index (κ2) is 7.81. The van der Waals surface area contributed by atoms with Crippen molar-refractivity contribution in [2.75, 3.05) is 32.1 Å². The molecule has 1 aromatic rings. The van der Waals surface area contributed by atoms with Crippen molar-refractivity contribution in [1.82, 2.24) is 4.90 Å². The normalized spacial score (nSPS) is 12.2. The highest BCUT2D eigenvalue weighted by Gasteiger charge is 2.18. The van der Waals surface area contributed by atoms with Crippen molar-refractivity contribution in [2.45, 2.75) is 32.7 Å². The number of nitrogens with zero attached hydrogens (tertiary/aromatic N) is 3. The lowest BCUT2D eigenvalue weighted by molar-refractivity contribution is 0.236. The molecule has 0 aliphatic rings. The number of hydrogen-bond donors (Lipinski definition) is 0. The van der Waals surface area contributed by atoms with Gasteiger partial charge in [-0.05, 0) is 43.6 Å². The van der Waals surface area contributed by atoms with Gasteiger partial charge in [-0.15, -0.1) is 0 Å². The minimum Gasteiger partial charge on any atom is -0.378 e. The maximum atomic E-state index is 9.48. The van der Waals surface area contributed by atoms with Gasteiger partial charge >= 0.3 is 0 Å². The van der Waals surface area contributed by atoms with Crippen LogP contribution in [0, 0.1) is 11.3 Å². The van der Waals surface area contributed by atoms with E-state index in [1.54, 1.807) is 0 Å². The maximum Gasteiger partial charge on any atom is 0.123 e. The van der Waals surface area contributed by atoms with E-state index in [4.69, 9.17) is 0 Å². The van der Waals surface area contributed by atoms with Crippen LogP contribution in [0.5, 0.6) is 0 Å². The molecule has 1 aromatic carbocycles. The van der Waals surface area contributed by atoms with Crippen LogP contribution in [-0.2, 0) is 0 Å². The molecule has 0 aromatic heterocycles. The molecule has 0 fully saturated rings. The van der Waals surface area contributed by atoms with E-state index in [0.29, 0.717) is 0 Å². The first-order valence-electron chi connectivity index (χ1n) is 7.05. The van der Waals surface area contributed by atoms with E-state index in [1.807, 2.05) is 14.1 Å². The van der Waals surface area contributed by atoms with Gasteiger partial charge in [0.1, 0.15) is 6.04 Å². The first kappa shape index (κ1) is 15.5. The molecule has 0 saturated heterocycles. The smallest absolute Gasteiger partial charge is 0.123 e. The summed E-state index contributed by atoms with van der Waals surface area (Å²) in [6.45, 7) is 6.27. The van der Waals surface area contributed by atoms with Gasteiger partial charge in [0.15, 0.2) is 0 Å². The Bertz CT molecular complexity index is 397. The van der Waals surface area contributed by atoms with Gasteiger partial charge in [-0.1, -0.05) is 26.0 Å². The minimum absolute atomic E-state index is 0.129. The van der Waals surface area contributed by atoms with Crippen LogP contribution in [0.4, 0.5) is 5.69 Å². The molecule has 104 valence electrons. The third kappa shape index (κ3) is 4.25. The van der Waals surface area contributed by atoms with Gasteiger partial charge in [-0.3, -0.25) is 4.90 Å². The van der Waals surface area contributed by atoms with Gasteiger partial charge in [0.2, 0.25) is 0 Å². The highest BCUT2D eigenvalue weighted by atomic mass is 15.1. The van der Waals surface area contributed by atoms with Crippen LogP contribution in [-0.4, -0.2) is 32.1 Å². The Morgan fingerprint density at radius 2 is 1.58 bits per heavy atom. The van der Waals surface area contributed by atoms with E-state index in [-0.39, 0.29) is 6.04 Å². The molecular weight excluding hydrogens is 234 g/mol. The molecule has 0 bridgehead atoms. The summed E-state index contributed by atoms with van der Waals surface area (Å²) < 4.78 is 0. The molecule has 0 spiro atoms. The minimum atomic E-state index is -0.129. The number of rotatable bonds is 7. The predicted octanol–water partition coefficient (Wildman–Crippen LogP) is 3.44. The van der Waals surface area contributed by atoms with Gasteiger partial charge in [0, 0.05) is 19.8 Å². The fourth-order valence-electron chi connectivity index (χ4n) is 2.27. The summed E-state index contributed by atoms with van der Waals surface area (Å²) in [5.74, 6) is 0. The summed E-state index contributed by atoms with van der Waals surface area (Å²) in [5.41, 5.74) is 2.26. The van der Waals surface area contributed by atoms with Crippen LogP contribution in [0.25, 0.3) is 0 Å². The standard InChI is InChI=1S/C16H25N3/c1-5-11-19(12-6-2)16(13-17)14-7-9-15(10-8-14)18(3)4/h7-10,16H,5-6,11-12H2,1-4H3. The fraction of sp³-hybridized carbons (Fsp3) is 0.562. The molecule has 0 saturated carbocycles. The van der Waals surface area contributed by atoms with Crippen molar-refractivity contribution >= 4 is 5.69 Å². The lowest BCUT2D eigenvalue weighted by Gasteiger charge is -2.26. The van der Waals surface area contributed by atoms with Gasteiger partial charge in [0.25, 0.3) is 0 Å². The van der Waals surface area contributed by atoms with Crippen molar-refractivity contribution < 1.29 is 0 Å². The van der Waals surface area contributed by atoms with Crippen molar-refractivity contribution in [3.63, 3.8) is 0 Å². The molecule has 0 radical (unpaired) electrons. The SMILES string of the molecule is CCCN(CCC)C(C#N)c1ccc(N(C)C)cc1. The van der Waals surface area contributed by atoms with E-state index in [9.17, 15) is 5.26 Å². The Morgan fingerprint density at radius 1 is 1.05 bits per heavy atom. The number of benzene rings is 1. The lowest BCUT2D eigenvalue weighted by Crippen LogP contribution is -2.29. The number of anilines is 1. The van der Waals surface area contributed by atoms with Crippen molar-refractivity contribution in [3.05, 3.63) is 29.8 Å². The van der Waals surface area contributed by atoms with Crippen LogP contribution in [0.2, 0.25) is 0 Å². The van der Waals surface area contributed by atoms with Gasteiger partial charge < -0.3 is 4.90 Å². The van der Waals surface area contributed by atoms with E-state index >= 15 is 0 Å². The van der Waals surface area contributed by atoms with Crippen LogP contribution in [0.3, 0.4) is 0 Å². The zero-order valence-electron chi connectivity index (χ0n) is 12.6. The van der Waals surface area contributed by atoms with Crippen molar-refractivity contribution in [2.24, 2.45) is 0 Å². The molecule has 0 aliphatic carbocycles. The van der Waals surface area contributed by atoms with Crippen LogP contribution in [0.15, 0.2) is 24.3 Å². The average molecular weight is 259 g/mol. The topological polar surface area (TPSA) is 30.3 Å². The molecule has 0 amide bonds. The van der Waals surface area contributed by atoms with Crippen LogP contribution in [0.1, 0.15) is 38.3 Å². The summed E-state index contributed by atoms with van der Waals surface area (Å²) in [7, 11) is 4.05. The monoisotopic (exact) mass is 259 g/mol. The lowest BCUT2D eigenvalue weighted by atomic mass is 10.1. The molecule has 1 atom stereocenters. The molecular formula is C16H25N3. The van der Waals surface area contributed by atoms with Gasteiger partial charge in [-0.25, -0.2) is 0 Å². The van der Waals surface area contributed by atoms with Gasteiger partial charge in [-0.2, -0.15) is 5.26 Å². The summed E-state index contributed by atoms with van der Waals surface area (Å²) >= 11 is 0. The summed E-state index contributed by atoms with van der Waals surface area (Å²) in [5, 5.41) is 9.48. The zero-order chi connectivity index (χ0) is 14.3. The molecule has 3 heteroatoms. The average Bonchev–Trinajstić information content (AvgIpc) is 2.40. The van der Waals surface area contributed by atoms with E-state index in [1.165, 1.54) is 0 Å². The molecule has 0 N–H and O–H groups in total. The summed E-state index contributed by atoms with van der Waals surface area (Å²) in [4.78, 5) is 4.34. The van der Waals surface area contributed by atoms with E-state index in [2.05, 4.69) is 54.0 Å². The van der Waals surface area contributed by atoms with Crippen molar-refractivity contribution in [1.29, 1.82) is 5.26 Å². The molecule has 3 nitrogen and oxygen atoms in total. The molecule has 1 unspecified atom stereocenters. The Morgan fingerprint density at radius 3 is 1.95 bits per heavy atom. The van der Waals surface area contributed by atoms with Crippen molar-refractivity contribution in [3.8, 4) is 6.07 Å². The second-order valence-corrected chi connectivity index (χ2v) is 5.05. The second-order valence-electron chi connectivity index (χ2n) is 5.05. The Labute approximate surface area is 117 Å². The highest BCUT2D eigenvalue weighted by molar-refractivity contribution is 5.47. The first-order valence-corrected chi connectivity index (χ1v) is 7.05. The summed E-state index contributed by atoms with van der Waals surface area (Å²) in [6.07, 6.45) is 2.15. The zero-order valence-corrected chi connectivity index (χ0v) is 12.6. The third-order valence-corrected chi connectivity index (χ3v) is 3.23. The highest BCUT2D eigenvalue weighted by Crippen LogP contribution is 2.23. The Balaban J connectivity index is 2.91. The van der Waals surface area contributed by atoms with E-state index in [0.717, 1.165) is 37.2 Å². The largest absolute Gasteiger partial charge is 0.378 e. The molecule has 0 heterocycles. The molecule has 0 aliphatic heterocycles. The first-order chi connectivity index (χ1) is 9.13. The third-order valence-electron chi connectivity index (χ3n) is 3.23. The fourth-order valence-corrected chi connectivity index (χ4v) is 2.27. The quantitative estimate of drug-likeness (QED) is 0.751. The van der Waals surface area contributed by atoms with Gasteiger partial charge in [0.05, 0.1) is 6.07 Å². The number of hydrogen-bond acceptors (Lipinski definition) is 3. The Kier molecular flexibility index (Phi) is 6.38. The molecule has 1 rings (SSSR count). The molecule has 19 heavy (non-hydrogen) atoms. The number of nitriles is 1.